The van der Waals surface area contributed by atoms with Crippen LogP contribution in [0.2, 0.25) is 10.0 Å². The van der Waals surface area contributed by atoms with Crippen LogP contribution in [0.25, 0.3) is 10.9 Å². The number of halogens is 3. The van der Waals surface area contributed by atoms with Crippen LogP contribution in [0.1, 0.15) is 42.3 Å². The van der Waals surface area contributed by atoms with Crippen molar-refractivity contribution in [1.82, 2.24) is 9.66 Å². The molecule has 0 amide bonds. The van der Waals surface area contributed by atoms with Crippen LogP contribution in [0, 0.1) is 6.92 Å². The molecule has 0 spiro atoms. The minimum Gasteiger partial charge on any atom is -0.486 e. The fraction of sp³-hybridized carbons (Fsp3) is 0.222. The first-order valence-electron chi connectivity index (χ1n) is 11.3. The van der Waals surface area contributed by atoms with Crippen LogP contribution in [-0.4, -0.2) is 15.9 Å². The van der Waals surface area contributed by atoms with Gasteiger partial charge in [-0.15, -0.1) is 0 Å². The highest BCUT2D eigenvalue weighted by Gasteiger charge is 2.12. The van der Waals surface area contributed by atoms with Gasteiger partial charge in [-0.25, -0.2) is 4.98 Å². The molecule has 35 heavy (non-hydrogen) atoms. The molecule has 0 atom stereocenters. The molecule has 1 heterocycles. The molecule has 0 saturated carbocycles. The highest BCUT2D eigenvalue weighted by Crippen LogP contribution is 2.34. The third-order valence-corrected chi connectivity index (χ3v) is 6.49. The summed E-state index contributed by atoms with van der Waals surface area (Å²) in [5.41, 5.74) is 3.24. The van der Waals surface area contributed by atoms with Gasteiger partial charge in [-0.05, 0) is 54.8 Å². The quantitative estimate of drug-likeness (QED) is 0.204. The molecule has 0 fully saturated rings. The Bertz CT molecular complexity index is 1440. The fourth-order valence-corrected chi connectivity index (χ4v) is 4.66. The van der Waals surface area contributed by atoms with E-state index in [1.165, 1.54) is 4.68 Å². The first kappa shape index (κ1) is 25.4. The van der Waals surface area contributed by atoms with E-state index in [1.807, 2.05) is 43.3 Å². The van der Waals surface area contributed by atoms with Gasteiger partial charge >= 0.3 is 0 Å². The normalized spacial score (nSPS) is 11.5. The van der Waals surface area contributed by atoms with Crippen LogP contribution in [0.5, 0.6) is 5.75 Å². The largest absolute Gasteiger partial charge is 0.486 e. The Labute approximate surface area is 222 Å². The maximum Gasteiger partial charge on any atom is 0.282 e. The van der Waals surface area contributed by atoms with E-state index in [-0.39, 0.29) is 5.56 Å². The summed E-state index contributed by atoms with van der Waals surface area (Å²) < 4.78 is 8.05. The molecule has 0 aliphatic heterocycles. The zero-order valence-electron chi connectivity index (χ0n) is 19.4. The predicted molar refractivity (Wildman–Crippen MR) is 147 cm³/mol. The van der Waals surface area contributed by atoms with Crippen LogP contribution >= 0.6 is 39.1 Å². The first-order valence-corrected chi connectivity index (χ1v) is 12.8. The Hall–Kier alpha value is -2.67. The summed E-state index contributed by atoms with van der Waals surface area (Å²) in [5, 5.41) is 5.69. The maximum atomic E-state index is 13.2. The molecule has 4 rings (SSSR count). The summed E-state index contributed by atoms with van der Waals surface area (Å²) >= 11 is 16.4. The summed E-state index contributed by atoms with van der Waals surface area (Å²) in [6.45, 7) is 4.47. The Balaban J connectivity index is 1.64. The number of hydrogen-bond donors (Lipinski definition) is 0. The molecule has 0 aliphatic carbocycles. The van der Waals surface area contributed by atoms with Crippen LogP contribution in [0.15, 0.2) is 69.0 Å². The Morgan fingerprint density at radius 1 is 1.11 bits per heavy atom. The lowest BCUT2D eigenvalue weighted by atomic mass is 10.1. The molecule has 0 bridgehead atoms. The number of unbranched alkanes of at least 4 members (excludes halogenated alkanes) is 1. The van der Waals surface area contributed by atoms with Gasteiger partial charge in [-0.1, -0.05) is 82.3 Å². The molecule has 8 heteroatoms. The van der Waals surface area contributed by atoms with E-state index >= 15 is 0 Å². The van der Waals surface area contributed by atoms with Crippen LogP contribution < -0.4 is 10.3 Å². The number of rotatable bonds is 8. The van der Waals surface area contributed by atoms with E-state index < -0.39 is 0 Å². The second-order valence-electron chi connectivity index (χ2n) is 8.25. The summed E-state index contributed by atoms with van der Waals surface area (Å²) in [5.74, 6) is 1.02. The van der Waals surface area contributed by atoms with Gasteiger partial charge in [-0.2, -0.15) is 9.78 Å². The molecule has 4 aromatic rings. The van der Waals surface area contributed by atoms with E-state index in [9.17, 15) is 4.79 Å². The van der Waals surface area contributed by atoms with Gasteiger partial charge in [-0.3, -0.25) is 4.79 Å². The van der Waals surface area contributed by atoms with Gasteiger partial charge in [0.2, 0.25) is 0 Å². The highest BCUT2D eigenvalue weighted by molar-refractivity contribution is 9.10. The van der Waals surface area contributed by atoms with E-state index in [1.54, 1.807) is 24.4 Å². The summed E-state index contributed by atoms with van der Waals surface area (Å²) in [6.07, 6.45) is 4.08. The molecule has 180 valence electrons. The highest BCUT2D eigenvalue weighted by atomic mass is 79.9. The number of aryl methyl sites for hydroxylation is 2. The van der Waals surface area contributed by atoms with E-state index in [0.717, 1.165) is 28.4 Å². The van der Waals surface area contributed by atoms with Gasteiger partial charge in [0.1, 0.15) is 12.4 Å². The smallest absolute Gasteiger partial charge is 0.282 e. The van der Waals surface area contributed by atoms with Crippen molar-refractivity contribution in [3.05, 3.63) is 102 Å². The minimum atomic E-state index is -0.228. The zero-order chi connectivity index (χ0) is 24.9. The molecule has 5 nitrogen and oxygen atoms in total. The van der Waals surface area contributed by atoms with Crippen molar-refractivity contribution in [3.8, 4) is 5.75 Å². The van der Waals surface area contributed by atoms with Crippen molar-refractivity contribution in [1.29, 1.82) is 0 Å². The van der Waals surface area contributed by atoms with Gasteiger partial charge in [0, 0.05) is 10.9 Å². The Morgan fingerprint density at radius 2 is 1.89 bits per heavy atom. The van der Waals surface area contributed by atoms with Crippen molar-refractivity contribution in [2.45, 2.75) is 39.7 Å². The molecular weight excluding hydrogens is 549 g/mol. The lowest BCUT2D eigenvalue weighted by Crippen LogP contribution is -2.22. The van der Waals surface area contributed by atoms with Gasteiger partial charge in [0.05, 0.1) is 27.2 Å². The van der Waals surface area contributed by atoms with Gasteiger partial charge < -0.3 is 4.74 Å². The lowest BCUT2D eigenvalue weighted by molar-refractivity contribution is 0.306. The third kappa shape index (κ3) is 6.13. The maximum absolute atomic E-state index is 13.2. The SMILES string of the molecule is CCCCc1nc2ccc(Br)cc2c(=O)n1N=Cc1cc(Cl)c(OCc2cccc(C)c2)c(Cl)c1. The van der Waals surface area contributed by atoms with E-state index in [0.29, 0.717) is 51.1 Å². The Morgan fingerprint density at radius 3 is 2.60 bits per heavy atom. The van der Waals surface area contributed by atoms with Crippen LogP contribution in [-0.2, 0) is 13.0 Å². The molecule has 1 aromatic heterocycles. The molecular formula is C27H24BrCl2N3O2. The molecule has 0 saturated heterocycles. The van der Waals surface area contributed by atoms with Crippen molar-refractivity contribution in [2.75, 3.05) is 0 Å². The average molecular weight is 573 g/mol. The standard InChI is InChI=1S/C27H24BrCl2N3O2/c1-3-4-8-25-32-24-10-9-20(28)14-21(24)27(34)33(25)31-15-19-12-22(29)26(23(30)13-19)35-16-18-7-5-6-17(2)11-18/h5-7,9-15H,3-4,8,16H2,1-2H3. The number of fused-ring (bicyclic) bond motifs is 1. The summed E-state index contributed by atoms with van der Waals surface area (Å²) in [6, 6.07) is 16.9. The van der Waals surface area contributed by atoms with E-state index in [2.05, 4.69) is 28.0 Å². The molecule has 0 radical (unpaired) electrons. The van der Waals surface area contributed by atoms with Gasteiger partial charge in [0.25, 0.3) is 5.56 Å². The lowest BCUT2D eigenvalue weighted by Gasteiger charge is -2.12. The second-order valence-corrected chi connectivity index (χ2v) is 9.98. The number of hydrogen-bond acceptors (Lipinski definition) is 4. The first-order chi connectivity index (χ1) is 16.9. The molecule has 0 unspecified atom stereocenters. The van der Waals surface area contributed by atoms with Crippen molar-refractivity contribution in [3.63, 3.8) is 0 Å². The Kier molecular flexibility index (Phi) is 8.26. The monoisotopic (exact) mass is 571 g/mol. The van der Waals surface area contributed by atoms with Crippen LogP contribution in [0.4, 0.5) is 0 Å². The second kappa shape index (κ2) is 11.4. The number of aromatic nitrogens is 2. The number of benzene rings is 3. The number of nitrogens with zero attached hydrogens (tertiary/aromatic N) is 3. The topological polar surface area (TPSA) is 56.5 Å². The fourth-order valence-electron chi connectivity index (χ4n) is 3.68. The molecule has 0 N–H and O–H groups in total. The van der Waals surface area contributed by atoms with Crippen molar-refractivity contribution >= 4 is 56.2 Å². The molecule has 0 aliphatic rings. The molecule has 3 aromatic carbocycles. The summed E-state index contributed by atoms with van der Waals surface area (Å²) in [7, 11) is 0. The van der Waals surface area contributed by atoms with Crippen LogP contribution in [0.3, 0.4) is 0 Å². The summed E-state index contributed by atoms with van der Waals surface area (Å²) in [4.78, 5) is 17.9. The van der Waals surface area contributed by atoms with Crippen molar-refractivity contribution < 1.29 is 4.74 Å². The van der Waals surface area contributed by atoms with E-state index in [4.69, 9.17) is 32.9 Å². The third-order valence-electron chi connectivity index (χ3n) is 5.44. The number of ether oxygens (including phenoxy) is 1. The average Bonchev–Trinajstić information content (AvgIpc) is 2.82. The van der Waals surface area contributed by atoms with Crippen molar-refractivity contribution in [2.24, 2.45) is 5.10 Å². The zero-order valence-corrected chi connectivity index (χ0v) is 22.5. The minimum absolute atomic E-state index is 0.228. The van der Waals surface area contributed by atoms with Gasteiger partial charge in [0.15, 0.2) is 5.75 Å². The predicted octanol–water partition coefficient (Wildman–Crippen LogP) is 7.58.